The number of alkyl carbamates (subject to hydrolysis) is 1. The van der Waals surface area contributed by atoms with Gasteiger partial charge in [-0.3, -0.25) is 9.59 Å². The average Bonchev–Trinajstić information content (AvgIpc) is 2.57. The first kappa shape index (κ1) is 20.7. The highest BCUT2D eigenvalue weighted by Gasteiger charge is 2.25. The van der Waals surface area contributed by atoms with Crippen LogP contribution in [0.5, 0.6) is 0 Å². The summed E-state index contributed by atoms with van der Waals surface area (Å²) in [6.45, 7) is 2.91. The van der Waals surface area contributed by atoms with Crippen molar-refractivity contribution in [2.24, 2.45) is 5.73 Å². The molecule has 2 atom stereocenters. The van der Waals surface area contributed by atoms with Crippen molar-refractivity contribution in [1.29, 1.82) is 0 Å². The zero-order valence-corrected chi connectivity index (χ0v) is 15.0. The monoisotopic (exact) mass is 413 g/mol. The maximum Gasteiger partial charge on any atom is 0.408 e. The van der Waals surface area contributed by atoms with Gasteiger partial charge in [-0.05, 0) is 10.0 Å². The normalized spacial score (nSPS) is 12.6. The molecule has 0 spiro atoms. The van der Waals surface area contributed by atoms with Crippen LogP contribution in [0.4, 0.5) is 4.79 Å². The van der Waals surface area contributed by atoms with E-state index >= 15 is 0 Å². The zero-order valence-electron chi connectivity index (χ0n) is 13.4. The molecule has 1 aromatic rings. The number of carbonyl (C=O) groups excluding carboxylic acids is 3. The van der Waals surface area contributed by atoms with E-state index in [9.17, 15) is 19.5 Å². The SMILES string of the molecule is C=C(Br)C[C@@H](NC(=O)[C@H](CO)NC(=O)OCc1ccccc1)C(N)=O. The number of carbonyl (C=O) groups is 3. The van der Waals surface area contributed by atoms with Crippen molar-refractivity contribution < 1.29 is 24.2 Å². The van der Waals surface area contributed by atoms with Crippen LogP contribution >= 0.6 is 15.9 Å². The van der Waals surface area contributed by atoms with Gasteiger partial charge in [0.2, 0.25) is 11.8 Å². The Balaban J connectivity index is 2.55. The lowest BCUT2D eigenvalue weighted by Gasteiger charge is -2.20. The molecule has 0 radical (unpaired) electrons. The van der Waals surface area contributed by atoms with Crippen molar-refractivity contribution in [3.05, 3.63) is 47.0 Å². The number of aliphatic hydroxyl groups excluding tert-OH is 1. The van der Waals surface area contributed by atoms with E-state index in [4.69, 9.17) is 10.5 Å². The minimum absolute atomic E-state index is 0.0137. The number of hydrogen-bond donors (Lipinski definition) is 4. The van der Waals surface area contributed by atoms with Crippen LogP contribution in [0.15, 0.2) is 41.4 Å². The summed E-state index contributed by atoms with van der Waals surface area (Å²) in [5, 5.41) is 13.9. The largest absolute Gasteiger partial charge is 0.445 e. The lowest BCUT2D eigenvalue weighted by atomic mass is 10.1. The molecule has 3 amide bonds. The molecular weight excluding hydrogens is 394 g/mol. The highest BCUT2D eigenvalue weighted by Crippen LogP contribution is 2.10. The molecule has 5 N–H and O–H groups in total. The van der Waals surface area contributed by atoms with Gasteiger partial charge in [0.1, 0.15) is 18.7 Å². The van der Waals surface area contributed by atoms with Crippen LogP contribution in [0.2, 0.25) is 0 Å². The molecule has 0 unspecified atom stereocenters. The van der Waals surface area contributed by atoms with Crippen molar-refractivity contribution in [2.45, 2.75) is 25.1 Å². The lowest BCUT2D eigenvalue weighted by Crippen LogP contribution is -2.54. The van der Waals surface area contributed by atoms with Crippen LogP contribution in [0.25, 0.3) is 0 Å². The third-order valence-corrected chi connectivity index (χ3v) is 3.41. The van der Waals surface area contributed by atoms with E-state index in [1.807, 2.05) is 6.07 Å². The molecule has 0 aliphatic heterocycles. The molecule has 0 bridgehead atoms. The first-order valence-corrected chi connectivity index (χ1v) is 8.13. The van der Waals surface area contributed by atoms with Gasteiger partial charge in [0.05, 0.1) is 6.61 Å². The number of nitrogens with one attached hydrogen (secondary N) is 2. The fraction of sp³-hybridized carbons (Fsp3) is 0.312. The Hall–Kier alpha value is -2.39. The second-order valence-corrected chi connectivity index (χ2v) is 6.25. The minimum atomic E-state index is -1.28. The van der Waals surface area contributed by atoms with E-state index in [2.05, 4.69) is 33.1 Å². The first-order chi connectivity index (χ1) is 11.8. The summed E-state index contributed by atoms with van der Waals surface area (Å²) < 4.78 is 5.44. The number of primary amides is 1. The molecule has 8 nitrogen and oxygen atoms in total. The summed E-state index contributed by atoms with van der Waals surface area (Å²) in [6.07, 6.45) is -0.795. The molecule has 0 heterocycles. The first-order valence-electron chi connectivity index (χ1n) is 7.34. The van der Waals surface area contributed by atoms with E-state index in [-0.39, 0.29) is 13.0 Å². The number of rotatable bonds is 9. The van der Waals surface area contributed by atoms with Crippen LogP contribution in [0.1, 0.15) is 12.0 Å². The van der Waals surface area contributed by atoms with Gasteiger partial charge in [-0.25, -0.2) is 4.79 Å². The molecule has 0 aliphatic carbocycles. The van der Waals surface area contributed by atoms with E-state index in [1.165, 1.54) is 0 Å². The van der Waals surface area contributed by atoms with Crippen molar-refractivity contribution in [3.63, 3.8) is 0 Å². The lowest BCUT2D eigenvalue weighted by molar-refractivity contribution is -0.129. The molecule has 1 aromatic carbocycles. The van der Waals surface area contributed by atoms with E-state index in [0.29, 0.717) is 4.48 Å². The fourth-order valence-corrected chi connectivity index (χ4v) is 2.14. The van der Waals surface area contributed by atoms with Crippen molar-refractivity contribution in [1.82, 2.24) is 10.6 Å². The number of benzene rings is 1. The summed E-state index contributed by atoms with van der Waals surface area (Å²) in [7, 11) is 0. The summed E-state index contributed by atoms with van der Waals surface area (Å²) in [5.74, 6) is -1.53. The van der Waals surface area contributed by atoms with Gasteiger partial charge in [-0.15, -0.1) is 0 Å². The Labute approximate surface area is 153 Å². The molecule has 0 saturated heterocycles. The van der Waals surface area contributed by atoms with Gasteiger partial charge < -0.3 is 26.2 Å². The molecule has 0 aliphatic rings. The van der Waals surface area contributed by atoms with E-state index < -0.39 is 36.6 Å². The standard InChI is InChI=1S/C16H20BrN3O5/c1-10(17)7-12(14(18)22)19-15(23)13(8-21)20-16(24)25-9-11-5-3-2-4-6-11/h2-6,12-13,21H,1,7-9H2,(H2,18,22)(H,19,23)(H,20,24)/t12-,13+/m1/s1. The number of halogens is 1. The van der Waals surface area contributed by atoms with Crippen LogP contribution in [-0.2, 0) is 20.9 Å². The van der Waals surface area contributed by atoms with E-state index in [1.54, 1.807) is 24.3 Å². The average molecular weight is 414 g/mol. The van der Waals surface area contributed by atoms with E-state index in [0.717, 1.165) is 5.56 Å². The van der Waals surface area contributed by atoms with Crippen LogP contribution in [0, 0.1) is 0 Å². The van der Waals surface area contributed by atoms with Gasteiger partial charge in [-0.1, -0.05) is 52.8 Å². The Morgan fingerprint density at radius 1 is 1.20 bits per heavy atom. The Morgan fingerprint density at radius 2 is 1.84 bits per heavy atom. The highest BCUT2D eigenvalue weighted by atomic mass is 79.9. The summed E-state index contributed by atoms with van der Waals surface area (Å²) >= 11 is 3.08. The second kappa shape index (κ2) is 10.5. The third-order valence-electron chi connectivity index (χ3n) is 3.09. The molecule has 0 fully saturated rings. The molecule has 1 rings (SSSR count). The maximum absolute atomic E-state index is 12.1. The van der Waals surface area contributed by atoms with Crippen LogP contribution < -0.4 is 16.4 Å². The number of nitrogens with two attached hydrogens (primary N) is 1. The fourth-order valence-electron chi connectivity index (χ4n) is 1.82. The van der Waals surface area contributed by atoms with Crippen molar-refractivity contribution >= 4 is 33.8 Å². The molecule has 25 heavy (non-hydrogen) atoms. The number of aliphatic hydroxyl groups is 1. The molecule has 9 heteroatoms. The van der Waals surface area contributed by atoms with Crippen LogP contribution in [-0.4, -0.2) is 41.7 Å². The smallest absolute Gasteiger partial charge is 0.408 e. The number of ether oxygens (including phenoxy) is 1. The summed E-state index contributed by atoms with van der Waals surface area (Å²) in [4.78, 5) is 35.2. The van der Waals surface area contributed by atoms with Gasteiger partial charge in [0.15, 0.2) is 0 Å². The summed E-state index contributed by atoms with van der Waals surface area (Å²) in [5.41, 5.74) is 5.97. The zero-order chi connectivity index (χ0) is 18.8. The maximum atomic E-state index is 12.1. The quantitative estimate of drug-likeness (QED) is 0.469. The predicted octanol–water partition coefficient (Wildman–Crippen LogP) is 0.542. The summed E-state index contributed by atoms with van der Waals surface area (Å²) in [6, 6.07) is 6.66. The molecular formula is C16H20BrN3O5. The molecule has 0 aromatic heterocycles. The predicted molar refractivity (Wildman–Crippen MR) is 94.4 cm³/mol. The Kier molecular flexibility index (Phi) is 8.65. The van der Waals surface area contributed by atoms with Gasteiger partial charge >= 0.3 is 6.09 Å². The van der Waals surface area contributed by atoms with Crippen molar-refractivity contribution in [2.75, 3.05) is 6.61 Å². The number of amides is 3. The topological polar surface area (TPSA) is 131 Å². The van der Waals surface area contributed by atoms with Gasteiger partial charge in [0, 0.05) is 6.42 Å². The van der Waals surface area contributed by atoms with Crippen molar-refractivity contribution in [3.8, 4) is 0 Å². The molecule has 136 valence electrons. The molecule has 0 saturated carbocycles. The second-order valence-electron chi connectivity index (χ2n) is 5.13. The van der Waals surface area contributed by atoms with Gasteiger partial charge in [-0.2, -0.15) is 0 Å². The van der Waals surface area contributed by atoms with Gasteiger partial charge in [0.25, 0.3) is 0 Å². The third kappa shape index (κ3) is 7.81. The number of hydrogen-bond acceptors (Lipinski definition) is 5. The Morgan fingerprint density at radius 3 is 2.36 bits per heavy atom. The Bertz CT molecular complexity index is 623. The minimum Gasteiger partial charge on any atom is -0.445 e. The van der Waals surface area contributed by atoms with Crippen LogP contribution in [0.3, 0.4) is 0 Å². The highest BCUT2D eigenvalue weighted by molar-refractivity contribution is 9.11.